The quantitative estimate of drug-likeness (QED) is 0.656. The fourth-order valence-corrected chi connectivity index (χ4v) is 1.35. The van der Waals surface area contributed by atoms with Gasteiger partial charge in [0.2, 0.25) is 0 Å². The van der Waals surface area contributed by atoms with Gasteiger partial charge in [-0.15, -0.1) is 0 Å². The topological polar surface area (TPSA) is 83.5 Å². The molecule has 0 heterocycles. The van der Waals surface area contributed by atoms with Crippen molar-refractivity contribution < 1.29 is 15.0 Å². The zero-order chi connectivity index (χ0) is 10.9. The Morgan fingerprint density at radius 3 is 2.50 bits per heavy atom. The van der Waals surface area contributed by atoms with Crippen molar-refractivity contribution in [1.29, 1.82) is 0 Å². The second-order valence-electron chi connectivity index (χ2n) is 3.51. The van der Waals surface area contributed by atoms with E-state index in [4.69, 9.17) is 15.9 Å². The molecule has 0 radical (unpaired) electrons. The molecule has 76 valence electrons. The van der Waals surface area contributed by atoms with Gasteiger partial charge in [0.05, 0.1) is 0 Å². The van der Waals surface area contributed by atoms with E-state index in [9.17, 15) is 4.79 Å². The van der Waals surface area contributed by atoms with Crippen LogP contribution in [0.25, 0.3) is 0 Å². The number of phenols is 1. The molecular formula is C10H13NO3. The van der Waals surface area contributed by atoms with Crippen molar-refractivity contribution in [3.8, 4) is 5.75 Å². The van der Waals surface area contributed by atoms with E-state index in [-0.39, 0.29) is 5.75 Å². The van der Waals surface area contributed by atoms with E-state index >= 15 is 0 Å². The third-order valence-electron chi connectivity index (χ3n) is 2.21. The Hall–Kier alpha value is -1.55. The van der Waals surface area contributed by atoms with Crippen molar-refractivity contribution >= 4 is 5.97 Å². The SMILES string of the molecule is Cc1cc(O)ccc1[C@@](C)(N)C(=O)O. The monoisotopic (exact) mass is 195 g/mol. The highest BCUT2D eigenvalue weighted by Gasteiger charge is 2.31. The molecule has 1 aromatic carbocycles. The highest BCUT2D eigenvalue weighted by Crippen LogP contribution is 2.24. The van der Waals surface area contributed by atoms with Crippen LogP contribution in [0.15, 0.2) is 18.2 Å². The predicted octanol–water partition coefficient (Wildman–Crippen LogP) is 0.959. The van der Waals surface area contributed by atoms with E-state index in [0.29, 0.717) is 11.1 Å². The Balaban J connectivity index is 3.26. The molecule has 14 heavy (non-hydrogen) atoms. The van der Waals surface area contributed by atoms with E-state index < -0.39 is 11.5 Å². The number of phenolic OH excluding ortho intramolecular Hbond substituents is 1. The molecule has 4 nitrogen and oxygen atoms in total. The number of rotatable bonds is 2. The van der Waals surface area contributed by atoms with E-state index in [1.807, 2.05) is 0 Å². The molecule has 0 spiro atoms. The first-order valence-corrected chi connectivity index (χ1v) is 4.18. The summed E-state index contributed by atoms with van der Waals surface area (Å²) in [6.45, 7) is 3.14. The molecule has 0 fully saturated rings. The van der Waals surface area contributed by atoms with Crippen LogP contribution in [0.2, 0.25) is 0 Å². The molecular weight excluding hydrogens is 182 g/mol. The number of benzene rings is 1. The highest BCUT2D eigenvalue weighted by atomic mass is 16.4. The second-order valence-corrected chi connectivity index (χ2v) is 3.51. The number of carboxylic acid groups (broad SMARTS) is 1. The summed E-state index contributed by atoms with van der Waals surface area (Å²) in [5.41, 5.74) is 5.40. The Morgan fingerprint density at radius 1 is 1.50 bits per heavy atom. The van der Waals surface area contributed by atoms with Crippen molar-refractivity contribution in [2.75, 3.05) is 0 Å². The van der Waals surface area contributed by atoms with Gasteiger partial charge in [-0.05, 0) is 37.1 Å². The van der Waals surface area contributed by atoms with E-state index in [1.165, 1.54) is 25.1 Å². The first kappa shape index (κ1) is 10.5. The van der Waals surface area contributed by atoms with Crippen LogP contribution >= 0.6 is 0 Å². The van der Waals surface area contributed by atoms with Crippen LogP contribution in [-0.2, 0) is 10.3 Å². The molecule has 0 aliphatic carbocycles. The van der Waals surface area contributed by atoms with E-state index in [2.05, 4.69) is 0 Å². The van der Waals surface area contributed by atoms with Gasteiger partial charge in [-0.25, -0.2) is 4.79 Å². The molecule has 0 bridgehead atoms. The summed E-state index contributed by atoms with van der Waals surface area (Å²) >= 11 is 0. The van der Waals surface area contributed by atoms with Crippen LogP contribution < -0.4 is 5.73 Å². The smallest absolute Gasteiger partial charge is 0.328 e. The molecule has 0 aliphatic rings. The summed E-state index contributed by atoms with van der Waals surface area (Å²) in [6.07, 6.45) is 0. The molecule has 0 saturated carbocycles. The summed E-state index contributed by atoms with van der Waals surface area (Å²) < 4.78 is 0. The molecule has 1 atom stereocenters. The number of aliphatic carboxylic acids is 1. The van der Waals surface area contributed by atoms with Gasteiger partial charge < -0.3 is 15.9 Å². The van der Waals surface area contributed by atoms with Crippen molar-refractivity contribution in [2.45, 2.75) is 19.4 Å². The maximum absolute atomic E-state index is 10.9. The van der Waals surface area contributed by atoms with Crippen LogP contribution in [0.1, 0.15) is 18.1 Å². The molecule has 0 saturated heterocycles. The molecule has 0 unspecified atom stereocenters. The van der Waals surface area contributed by atoms with Gasteiger partial charge in [-0.1, -0.05) is 6.07 Å². The minimum Gasteiger partial charge on any atom is -0.508 e. The highest BCUT2D eigenvalue weighted by molar-refractivity contribution is 5.80. The van der Waals surface area contributed by atoms with Gasteiger partial charge in [0.15, 0.2) is 0 Å². The Morgan fingerprint density at radius 2 is 2.07 bits per heavy atom. The lowest BCUT2D eigenvalue weighted by Crippen LogP contribution is -2.42. The van der Waals surface area contributed by atoms with Gasteiger partial charge in [0.25, 0.3) is 0 Å². The first-order chi connectivity index (χ1) is 6.35. The van der Waals surface area contributed by atoms with Crippen LogP contribution in [0.4, 0.5) is 0 Å². The number of hydrogen-bond acceptors (Lipinski definition) is 3. The van der Waals surface area contributed by atoms with Crippen molar-refractivity contribution in [3.05, 3.63) is 29.3 Å². The van der Waals surface area contributed by atoms with Crippen molar-refractivity contribution in [2.24, 2.45) is 5.73 Å². The van der Waals surface area contributed by atoms with Gasteiger partial charge in [-0.2, -0.15) is 0 Å². The lowest BCUT2D eigenvalue weighted by atomic mass is 9.89. The maximum atomic E-state index is 10.9. The third kappa shape index (κ3) is 1.70. The number of aryl methyl sites for hydroxylation is 1. The number of hydrogen-bond donors (Lipinski definition) is 3. The fourth-order valence-electron chi connectivity index (χ4n) is 1.35. The number of aromatic hydroxyl groups is 1. The Bertz CT molecular complexity index is 372. The van der Waals surface area contributed by atoms with Crippen molar-refractivity contribution in [3.63, 3.8) is 0 Å². The molecule has 0 aromatic heterocycles. The molecule has 0 aliphatic heterocycles. The molecule has 4 heteroatoms. The van der Waals surface area contributed by atoms with Gasteiger partial charge >= 0.3 is 5.97 Å². The normalized spacial score (nSPS) is 14.8. The van der Waals surface area contributed by atoms with E-state index in [1.54, 1.807) is 6.92 Å². The van der Waals surface area contributed by atoms with E-state index in [0.717, 1.165) is 0 Å². The summed E-state index contributed by atoms with van der Waals surface area (Å²) in [5.74, 6) is -0.987. The molecule has 1 rings (SSSR count). The summed E-state index contributed by atoms with van der Waals surface area (Å²) in [7, 11) is 0. The average Bonchev–Trinajstić information content (AvgIpc) is 2.02. The van der Waals surface area contributed by atoms with Gasteiger partial charge in [-0.3, -0.25) is 0 Å². The average molecular weight is 195 g/mol. The predicted molar refractivity (Wildman–Crippen MR) is 52.0 cm³/mol. The third-order valence-corrected chi connectivity index (χ3v) is 2.21. The maximum Gasteiger partial charge on any atom is 0.328 e. The zero-order valence-electron chi connectivity index (χ0n) is 8.11. The lowest BCUT2D eigenvalue weighted by Gasteiger charge is -2.21. The molecule has 0 amide bonds. The van der Waals surface area contributed by atoms with Gasteiger partial charge in [0.1, 0.15) is 11.3 Å². The van der Waals surface area contributed by atoms with Gasteiger partial charge in [0, 0.05) is 0 Å². The van der Waals surface area contributed by atoms with Crippen LogP contribution in [0, 0.1) is 6.92 Å². The largest absolute Gasteiger partial charge is 0.508 e. The minimum atomic E-state index is -1.42. The summed E-state index contributed by atoms with van der Waals surface area (Å²) in [5, 5.41) is 18.1. The molecule has 4 N–H and O–H groups in total. The van der Waals surface area contributed by atoms with Crippen LogP contribution in [-0.4, -0.2) is 16.2 Å². The number of carboxylic acids is 1. The minimum absolute atomic E-state index is 0.104. The molecule has 1 aromatic rings. The summed E-state index contributed by atoms with van der Waals surface area (Å²) in [4.78, 5) is 10.9. The van der Waals surface area contributed by atoms with Crippen LogP contribution in [0.5, 0.6) is 5.75 Å². The Labute approximate surface area is 82.0 Å². The first-order valence-electron chi connectivity index (χ1n) is 4.18. The second kappa shape index (κ2) is 3.31. The fraction of sp³-hybridized carbons (Fsp3) is 0.300. The number of nitrogens with two attached hydrogens (primary N) is 1. The standard InChI is InChI=1S/C10H13NO3/c1-6-5-7(12)3-4-8(6)10(2,11)9(13)14/h3-5,12H,11H2,1-2H3,(H,13,14)/t10-/m1/s1. The summed E-state index contributed by atoms with van der Waals surface area (Å²) in [6, 6.07) is 4.44. The van der Waals surface area contributed by atoms with Crippen molar-refractivity contribution in [1.82, 2.24) is 0 Å². The zero-order valence-corrected chi connectivity index (χ0v) is 8.11. The number of carbonyl (C=O) groups is 1. The van der Waals surface area contributed by atoms with Crippen LogP contribution in [0.3, 0.4) is 0 Å². The Kier molecular flexibility index (Phi) is 2.49. The lowest BCUT2D eigenvalue weighted by molar-refractivity contribution is -0.143.